The minimum atomic E-state index is 0.0806. The lowest BCUT2D eigenvalue weighted by Gasteiger charge is -2.31. The molecule has 2 N–H and O–H groups in total. The van der Waals surface area contributed by atoms with Crippen LogP contribution in [0.3, 0.4) is 0 Å². The van der Waals surface area contributed by atoms with Crippen molar-refractivity contribution >= 4 is 22.7 Å². The lowest BCUT2D eigenvalue weighted by molar-refractivity contribution is 0.415. The van der Waals surface area contributed by atoms with Crippen LogP contribution in [0.5, 0.6) is 11.5 Å². The Morgan fingerprint density at radius 1 is 0.486 bits per heavy atom. The van der Waals surface area contributed by atoms with Crippen molar-refractivity contribution in [2.45, 2.75) is 31.1 Å². The molecule has 0 unspecified atom stereocenters. The van der Waals surface area contributed by atoms with E-state index in [1.165, 1.54) is 36.8 Å². The molecule has 4 nitrogen and oxygen atoms in total. The molecule has 0 saturated heterocycles. The highest BCUT2D eigenvalue weighted by Gasteiger charge is 2.37. The van der Waals surface area contributed by atoms with Gasteiger partial charge in [0.05, 0.1) is 14.2 Å². The fraction of sp³-hybridized carbons (Fsp3) is 0.226. The molecule has 0 aliphatic heterocycles. The monoisotopic (exact) mass is 464 g/mol. The minimum Gasteiger partial charge on any atom is -0.497 e. The van der Waals surface area contributed by atoms with Gasteiger partial charge in [-0.3, -0.25) is 0 Å². The summed E-state index contributed by atoms with van der Waals surface area (Å²) in [5, 5.41) is 6.98. The molecular weight excluding hydrogens is 432 g/mol. The Morgan fingerprint density at radius 3 is 1.11 bits per heavy atom. The number of rotatable bonds is 8. The first-order valence-corrected chi connectivity index (χ1v) is 12.2. The molecule has 0 heterocycles. The SMILES string of the molecule is COc1ccc(Nc2ccc(C3(c4ccc(Nc5ccc(OC)cc5)cc4)CCCC3)cc2)cc1. The highest BCUT2D eigenvalue weighted by molar-refractivity contribution is 5.63. The number of anilines is 4. The molecule has 1 saturated carbocycles. The van der Waals surface area contributed by atoms with E-state index in [1.54, 1.807) is 14.2 Å². The second kappa shape index (κ2) is 10.1. The van der Waals surface area contributed by atoms with E-state index in [4.69, 9.17) is 9.47 Å². The topological polar surface area (TPSA) is 42.5 Å². The molecule has 0 spiro atoms. The third-order valence-corrected chi connectivity index (χ3v) is 7.09. The summed E-state index contributed by atoms with van der Waals surface area (Å²) in [5.41, 5.74) is 7.15. The third-order valence-electron chi connectivity index (χ3n) is 7.09. The number of benzene rings is 4. The maximum absolute atomic E-state index is 5.25. The third kappa shape index (κ3) is 4.97. The summed E-state index contributed by atoms with van der Waals surface area (Å²) in [6.45, 7) is 0. The molecule has 1 aliphatic rings. The zero-order chi connectivity index (χ0) is 24.1. The first kappa shape index (κ1) is 22.9. The molecule has 4 aromatic rings. The Kier molecular flexibility index (Phi) is 6.62. The number of nitrogens with one attached hydrogen (secondary N) is 2. The fourth-order valence-electron chi connectivity index (χ4n) is 5.15. The second-order valence-electron chi connectivity index (χ2n) is 9.15. The molecule has 0 atom stereocenters. The fourth-order valence-corrected chi connectivity index (χ4v) is 5.15. The molecule has 0 bridgehead atoms. The molecule has 0 amide bonds. The number of hydrogen-bond acceptors (Lipinski definition) is 4. The minimum absolute atomic E-state index is 0.0806. The van der Waals surface area contributed by atoms with E-state index in [1.807, 2.05) is 48.5 Å². The lowest BCUT2D eigenvalue weighted by Crippen LogP contribution is -2.23. The van der Waals surface area contributed by atoms with E-state index in [0.717, 1.165) is 34.2 Å². The highest BCUT2D eigenvalue weighted by Crippen LogP contribution is 2.47. The van der Waals surface area contributed by atoms with Gasteiger partial charge in [-0.1, -0.05) is 37.1 Å². The number of methoxy groups -OCH3 is 2. The van der Waals surface area contributed by atoms with Gasteiger partial charge in [0.15, 0.2) is 0 Å². The van der Waals surface area contributed by atoms with Crippen LogP contribution in [0.2, 0.25) is 0 Å². The summed E-state index contributed by atoms with van der Waals surface area (Å²) in [6.07, 6.45) is 4.89. The molecule has 0 radical (unpaired) electrons. The standard InChI is InChI=1S/C31H32N2O2/c1-34-29-17-13-27(14-18-29)32-25-9-5-23(6-10-25)31(21-3-4-22-31)24-7-11-26(12-8-24)33-28-15-19-30(35-2)20-16-28/h5-20,32-33H,3-4,21-22H2,1-2H3. The van der Waals surface area contributed by atoms with Crippen LogP contribution in [0, 0.1) is 0 Å². The van der Waals surface area contributed by atoms with Crippen LogP contribution in [-0.4, -0.2) is 14.2 Å². The first-order chi connectivity index (χ1) is 17.2. The first-order valence-electron chi connectivity index (χ1n) is 12.2. The van der Waals surface area contributed by atoms with Crippen molar-refractivity contribution < 1.29 is 9.47 Å². The molecule has 178 valence electrons. The Bertz CT molecular complexity index is 1130. The average Bonchev–Trinajstić information content (AvgIpc) is 3.42. The van der Waals surface area contributed by atoms with Gasteiger partial charge in [0.1, 0.15) is 11.5 Å². The van der Waals surface area contributed by atoms with Gasteiger partial charge in [0.2, 0.25) is 0 Å². The molecule has 1 aliphatic carbocycles. The maximum Gasteiger partial charge on any atom is 0.119 e. The van der Waals surface area contributed by atoms with Gasteiger partial charge < -0.3 is 20.1 Å². The number of ether oxygens (including phenoxy) is 2. The van der Waals surface area contributed by atoms with Crippen LogP contribution in [0.25, 0.3) is 0 Å². The molecular formula is C31H32N2O2. The van der Waals surface area contributed by atoms with Crippen molar-refractivity contribution in [3.63, 3.8) is 0 Å². The highest BCUT2D eigenvalue weighted by atomic mass is 16.5. The molecule has 35 heavy (non-hydrogen) atoms. The second-order valence-corrected chi connectivity index (χ2v) is 9.15. The van der Waals surface area contributed by atoms with E-state index < -0.39 is 0 Å². The summed E-state index contributed by atoms with van der Waals surface area (Å²) in [7, 11) is 3.37. The summed E-state index contributed by atoms with van der Waals surface area (Å²) in [4.78, 5) is 0. The van der Waals surface area contributed by atoms with Crippen LogP contribution >= 0.6 is 0 Å². The number of hydrogen-bond donors (Lipinski definition) is 2. The van der Waals surface area contributed by atoms with E-state index in [-0.39, 0.29) is 5.41 Å². The van der Waals surface area contributed by atoms with Crippen molar-refractivity contribution in [3.05, 3.63) is 108 Å². The van der Waals surface area contributed by atoms with Crippen LogP contribution in [0.4, 0.5) is 22.7 Å². The predicted molar refractivity (Wildman–Crippen MR) is 145 cm³/mol. The zero-order valence-electron chi connectivity index (χ0n) is 20.4. The molecule has 5 rings (SSSR count). The lowest BCUT2D eigenvalue weighted by atomic mass is 9.73. The Hall–Kier alpha value is -3.92. The van der Waals surface area contributed by atoms with Crippen molar-refractivity contribution in [1.82, 2.24) is 0 Å². The smallest absolute Gasteiger partial charge is 0.119 e. The summed E-state index contributed by atoms with van der Waals surface area (Å²) in [5.74, 6) is 1.72. The van der Waals surface area contributed by atoms with E-state index in [9.17, 15) is 0 Å². The van der Waals surface area contributed by atoms with Gasteiger partial charge in [0.25, 0.3) is 0 Å². The van der Waals surface area contributed by atoms with Gasteiger partial charge in [-0.2, -0.15) is 0 Å². The van der Waals surface area contributed by atoms with Gasteiger partial charge in [-0.05, 0) is 96.8 Å². The zero-order valence-corrected chi connectivity index (χ0v) is 20.4. The Morgan fingerprint density at radius 2 is 0.800 bits per heavy atom. The van der Waals surface area contributed by atoms with E-state index in [2.05, 4.69) is 59.2 Å². The van der Waals surface area contributed by atoms with Crippen LogP contribution in [-0.2, 0) is 5.41 Å². The summed E-state index contributed by atoms with van der Waals surface area (Å²) in [6, 6.07) is 34.0. The van der Waals surface area contributed by atoms with Crippen LogP contribution in [0.1, 0.15) is 36.8 Å². The van der Waals surface area contributed by atoms with Crippen molar-refractivity contribution in [3.8, 4) is 11.5 Å². The van der Waals surface area contributed by atoms with E-state index in [0.29, 0.717) is 0 Å². The molecule has 4 heteroatoms. The average molecular weight is 465 g/mol. The summed E-state index contributed by atoms with van der Waals surface area (Å²) >= 11 is 0. The van der Waals surface area contributed by atoms with Gasteiger partial charge in [0, 0.05) is 28.2 Å². The Balaban J connectivity index is 1.33. The normalized spacial score (nSPS) is 14.3. The predicted octanol–water partition coefficient (Wildman–Crippen LogP) is 8.05. The quantitative estimate of drug-likeness (QED) is 0.277. The van der Waals surface area contributed by atoms with Gasteiger partial charge in [-0.25, -0.2) is 0 Å². The van der Waals surface area contributed by atoms with Crippen LogP contribution < -0.4 is 20.1 Å². The molecule has 4 aromatic carbocycles. The van der Waals surface area contributed by atoms with Gasteiger partial charge in [-0.15, -0.1) is 0 Å². The van der Waals surface area contributed by atoms with Crippen molar-refractivity contribution in [2.24, 2.45) is 0 Å². The molecule has 1 fully saturated rings. The summed E-state index contributed by atoms with van der Waals surface area (Å²) < 4.78 is 10.5. The maximum atomic E-state index is 5.25. The van der Waals surface area contributed by atoms with Crippen molar-refractivity contribution in [2.75, 3.05) is 24.9 Å². The Labute approximate surface area is 207 Å². The van der Waals surface area contributed by atoms with Crippen molar-refractivity contribution in [1.29, 1.82) is 0 Å². The largest absolute Gasteiger partial charge is 0.497 e. The van der Waals surface area contributed by atoms with Crippen LogP contribution in [0.15, 0.2) is 97.1 Å². The molecule has 0 aromatic heterocycles. The van der Waals surface area contributed by atoms with E-state index >= 15 is 0 Å². The van der Waals surface area contributed by atoms with Gasteiger partial charge >= 0.3 is 0 Å².